The fourth-order valence-corrected chi connectivity index (χ4v) is 2.76. The third kappa shape index (κ3) is 3.69. The molecule has 144 valence electrons. The molecule has 0 fully saturated rings. The summed E-state index contributed by atoms with van der Waals surface area (Å²) in [4.78, 5) is 3.24. The van der Waals surface area contributed by atoms with E-state index >= 15 is 0 Å². The first kappa shape index (κ1) is 21.9. The van der Waals surface area contributed by atoms with Crippen molar-refractivity contribution in [2.24, 2.45) is 0 Å². The molecule has 1 aromatic rings. The first-order valence-corrected chi connectivity index (χ1v) is 7.66. The number of nitrogens with zero attached hydrogens (tertiary/aromatic N) is 1. The largest absolute Gasteiger partial charge is 0.460 e. The number of rotatable bonds is 5. The lowest BCUT2D eigenvalue weighted by atomic mass is 10.1. The molecule has 0 spiro atoms. The van der Waals surface area contributed by atoms with Crippen molar-refractivity contribution < 1.29 is 47.9 Å². The van der Waals surface area contributed by atoms with Gasteiger partial charge in [0.05, 0.1) is 5.69 Å². The van der Waals surface area contributed by atoms with Crippen molar-refractivity contribution in [2.75, 3.05) is 4.72 Å². The molecule has 0 radical (unpaired) electrons. The summed E-state index contributed by atoms with van der Waals surface area (Å²) in [6.45, 7) is 0. The Bertz CT molecular complexity index is 747. The maximum atomic E-state index is 13.4. The highest BCUT2D eigenvalue weighted by atomic mass is 35.5. The first-order chi connectivity index (χ1) is 10.9. The molecule has 0 bridgehead atoms. The molecule has 25 heavy (non-hydrogen) atoms. The molecule has 0 atom stereocenters. The summed E-state index contributed by atoms with van der Waals surface area (Å²) in [6, 6.07) is 0.919. The molecule has 1 heterocycles. The van der Waals surface area contributed by atoms with E-state index in [4.69, 9.17) is 23.2 Å². The van der Waals surface area contributed by atoms with Gasteiger partial charge in [-0.1, -0.05) is 23.2 Å². The van der Waals surface area contributed by atoms with Gasteiger partial charge in [-0.25, -0.2) is 4.98 Å². The summed E-state index contributed by atoms with van der Waals surface area (Å²) in [5, 5.41) is -8.12. The predicted molar refractivity (Wildman–Crippen MR) is 67.7 cm³/mol. The van der Waals surface area contributed by atoms with Crippen LogP contribution in [0.3, 0.4) is 0 Å². The van der Waals surface area contributed by atoms with Crippen LogP contribution in [0.15, 0.2) is 12.1 Å². The van der Waals surface area contributed by atoms with E-state index in [1.54, 1.807) is 0 Å². The molecule has 1 N–H and O–H groups in total. The van der Waals surface area contributed by atoms with Crippen LogP contribution in [0.5, 0.6) is 0 Å². The van der Waals surface area contributed by atoms with E-state index in [-0.39, 0.29) is 0 Å². The molecular formula is C9H3Cl2F9N2O2S. The van der Waals surface area contributed by atoms with Gasteiger partial charge in [0.2, 0.25) is 0 Å². The van der Waals surface area contributed by atoms with E-state index in [2.05, 4.69) is 4.98 Å². The van der Waals surface area contributed by atoms with Crippen LogP contribution in [-0.2, 0) is 10.0 Å². The second-order valence-corrected chi connectivity index (χ2v) is 6.77. The smallest absolute Gasteiger partial charge is 0.278 e. The minimum atomic E-state index is -7.36. The predicted octanol–water partition coefficient (Wildman–Crippen LogP) is 4.56. The van der Waals surface area contributed by atoms with Gasteiger partial charge in [0.15, 0.2) is 0 Å². The number of hydrogen-bond donors (Lipinski definition) is 1. The number of alkyl halides is 9. The van der Waals surface area contributed by atoms with E-state index in [0.29, 0.717) is 16.9 Å². The molecule has 0 aromatic carbocycles. The highest BCUT2D eigenvalue weighted by Crippen LogP contribution is 2.54. The molecule has 0 amide bonds. The summed E-state index contributed by atoms with van der Waals surface area (Å²) in [5.74, 6) is -14.7. The van der Waals surface area contributed by atoms with Gasteiger partial charge < -0.3 is 0 Å². The number of sulfonamides is 1. The topological polar surface area (TPSA) is 59.1 Å². The molecule has 16 heteroatoms. The third-order valence-electron chi connectivity index (χ3n) is 2.47. The van der Waals surface area contributed by atoms with E-state index in [1.807, 2.05) is 0 Å². The lowest BCUT2D eigenvalue weighted by molar-refractivity contribution is -0.382. The standard InChI is InChI=1S/C9H3Cl2F9N2O2S/c10-4-1-3(2-5(11)21-4)22-25(23,24)9(19,20)7(14,15)6(12,13)8(16,17)18/h1-2H,(H,21,22). The van der Waals surface area contributed by atoms with Crippen molar-refractivity contribution in [2.45, 2.75) is 23.3 Å². The van der Waals surface area contributed by atoms with E-state index < -0.39 is 49.3 Å². The lowest BCUT2D eigenvalue weighted by Gasteiger charge is -2.33. The Labute approximate surface area is 143 Å². The van der Waals surface area contributed by atoms with Crippen LogP contribution < -0.4 is 4.72 Å². The fraction of sp³-hybridized carbons (Fsp3) is 0.444. The maximum Gasteiger partial charge on any atom is 0.460 e. The minimum absolute atomic E-state index is 0.459. The minimum Gasteiger partial charge on any atom is -0.278 e. The average molecular weight is 445 g/mol. The molecule has 4 nitrogen and oxygen atoms in total. The molecule has 0 saturated carbocycles. The quantitative estimate of drug-likeness (QED) is 0.535. The first-order valence-electron chi connectivity index (χ1n) is 5.42. The zero-order valence-corrected chi connectivity index (χ0v) is 13.3. The van der Waals surface area contributed by atoms with E-state index in [0.717, 1.165) is 0 Å². The molecule has 0 unspecified atom stereocenters. The molecule has 1 aromatic heterocycles. The monoisotopic (exact) mass is 444 g/mol. The lowest BCUT2D eigenvalue weighted by Crippen LogP contribution is -2.64. The Morgan fingerprint density at radius 1 is 0.840 bits per heavy atom. The molecule has 0 saturated heterocycles. The van der Waals surface area contributed by atoms with Crippen LogP contribution in [0.4, 0.5) is 45.2 Å². The number of anilines is 1. The highest BCUT2D eigenvalue weighted by Gasteiger charge is 2.85. The number of aromatic nitrogens is 1. The van der Waals surface area contributed by atoms with Gasteiger partial charge in [0.1, 0.15) is 10.3 Å². The zero-order chi connectivity index (χ0) is 20.1. The van der Waals surface area contributed by atoms with E-state index in [9.17, 15) is 47.9 Å². The van der Waals surface area contributed by atoms with Gasteiger partial charge in [0.25, 0.3) is 0 Å². The van der Waals surface area contributed by atoms with Gasteiger partial charge in [-0.2, -0.15) is 47.9 Å². The maximum absolute atomic E-state index is 13.4. The second-order valence-electron chi connectivity index (χ2n) is 4.27. The van der Waals surface area contributed by atoms with Gasteiger partial charge in [-0.3, -0.25) is 4.72 Å². The Morgan fingerprint density at radius 3 is 1.60 bits per heavy atom. The van der Waals surface area contributed by atoms with Gasteiger partial charge in [-0.15, -0.1) is 0 Å². The number of pyridine rings is 1. The average Bonchev–Trinajstić information content (AvgIpc) is 2.34. The summed E-state index contributed by atoms with van der Waals surface area (Å²) >= 11 is 10.6. The Balaban J connectivity index is 3.39. The molecule has 0 aliphatic rings. The number of hydrogen-bond acceptors (Lipinski definition) is 3. The summed E-state index contributed by atoms with van der Waals surface area (Å²) in [5.41, 5.74) is -1.03. The van der Waals surface area contributed by atoms with Crippen LogP contribution in [-0.4, -0.2) is 36.7 Å². The van der Waals surface area contributed by atoms with Crippen LogP contribution in [0.2, 0.25) is 10.3 Å². The highest BCUT2D eigenvalue weighted by molar-refractivity contribution is 7.93. The van der Waals surface area contributed by atoms with Gasteiger partial charge in [-0.05, 0) is 12.1 Å². The van der Waals surface area contributed by atoms with Gasteiger partial charge in [0, 0.05) is 0 Å². The van der Waals surface area contributed by atoms with Crippen LogP contribution in [0.25, 0.3) is 0 Å². The van der Waals surface area contributed by atoms with Gasteiger partial charge >= 0.3 is 33.3 Å². The van der Waals surface area contributed by atoms with Crippen molar-refractivity contribution >= 4 is 38.9 Å². The molecule has 0 aliphatic heterocycles. The molecule has 0 aliphatic carbocycles. The Kier molecular flexibility index (Phi) is 5.45. The van der Waals surface area contributed by atoms with Crippen molar-refractivity contribution in [3.63, 3.8) is 0 Å². The van der Waals surface area contributed by atoms with Crippen LogP contribution in [0, 0.1) is 0 Å². The van der Waals surface area contributed by atoms with E-state index in [1.165, 1.54) is 0 Å². The molecular weight excluding hydrogens is 442 g/mol. The second kappa shape index (κ2) is 6.23. The zero-order valence-electron chi connectivity index (χ0n) is 11.0. The van der Waals surface area contributed by atoms with Crippen LogP contribution >= 0.6 is 23.2 Å². The van der Waals surface area contributed by atoms with Crippen molar-refractivity contribution in [1.82, 2.24) is 4.98 Å². The summed E-state index contributed by atoms with van der Waals surface area (Å²) in [7, 11) is -6.81. The normalized spacial score (nSPS) is 14.5. The molecule has 1 rings (SSSR count). The Hall–Kier alpha value is -1.15. The SMILES string of the molecule is O=S(=O)(Nc1cc(Cl)nc(Cl)c1)C(F)(F)C(F)(F)C(F)(F)C(F)(F)F. The van der Waals surface area contributed by atoms with Crippen molar-refractivity contribution in [3.05, 3.63) is 22.4 Å². The number of halogens is 11. The third-order valence-corrected chi connectivity index (χ3v) is 4.29. The van der Waals surface area contributed by atoms with Crippen molar-refractivity contribution in [3.8, 4) is 0 Å². The fourth-order valence-electron chi connectivity index (χ4n) is 1.27. The Morgan fingerprint density at radius 2 is 1.24 bits per heavy atom. The van der Waals surface area contributed by atoms with Crippen molar-refractivity contribution in [1.29, 1.82) is 0 Å². The summed E-state index contributed by atoms with van der Waals surface area (Å²) < 4.78 is 138. The number of nitrogens with one attached hydrogen (secondary N) is 1. The summed E-state index contributed by atoms with van der Waals surface area (Å²) in [6.07, 6.45) is -7.15. The van der Waals surface area contributed by atoms with Crippen LogP contribution in [0.1, 0.15) is 0 Å².